The van der Waals surface area contributed by atoms with E-state index >= 15 is 0 Å². The van der Waals surface area contributed by atoms with Crippen LogP contribution in [0.3, 0.4) is 0 Å². The Labute approximate surface area is 107 Å². The van der Waals surface area contributed by atoms with E-state index in [0.717, 1.165) is 23.5 Å². The zero-order valence-corrected chi connectivity index (χ0v) is 10.9. The van der Waals surface area contributed by atoms with Gasteiger partial charge in [-0.25, -0.2) is 4.39 Å². The number of halogens is 1. The molecule has 18 heavy (non-hydrogen) atoms. The largest absolute Gasteiger partial charge is 0.312 e. The van der Waals surface area contributed by atoms with Gasteiger partial charge in [-0.15, -0.1) is 0 Å². The normalized spacial score (nSPS) is 12.7. The topological polar surface area (TPSA) is 29.9 Å². The van der Waals surface area contributed by atoms with Crippen molar-refractivity contribution in [2.75, 3.05) is 7.05 Å². The highest BCUT2D eigenvalue weighted by atomic mass is 19.1. The first-order valence-corrected chi connectivity index (χ1v) is 6.16. The molecule has 1 aromatic carbocycles. The maximum absolute atomic E-state index is 12.9. The summed E-state index contributed by atoms with van der Waals surface area (Å²) < 4.78 is 14.9. The van der Waals surface area contributed by atoms with E-state index in [9.17, 15) is 4.39 Å². The SMILES string of the molecule is CCn1nc(C(C)NC)cc1-c1ccc(F)cc1. The molecule has 0 fully saturated rings. The van der Waals surface area contributed by atoms with E-state index in [-0.39, 0.29) is 11.9 Å². The molecule has 3 nitrogen and oxygen atoms in total. The van der Waals surface area contributed by atoms with Crippen LogP contribution in [0.1, 0.15) is 25.6 Å². The lowest BCUT2D eigenvalue weighted by molar-refractivity contribution is 0.590. The Kier molecular flexibility index (Phi) is 3.77. The second kappa shape index (κ2) is 5.31. The molecule has 1 heterocycles. The van der Waals surface area contributed by atoms with Crippen molar-refractivity contribution in [2.24, 2.45) is 0 Å². The molecule has 0 bridgehead atoms. The summed E-state index contributed by atoms with van der Waals surface area (Å²) in [6.45, 7) is 4.91. The highest BCUT2D eigenvalue weighted by molar-refractivity contribution is 5.60. The molecule has 0 saturated heterocycles. The van der Waals surface area contributed by atoms with Crippen LogP contribution in [0.5, 0.6) is 0 Å². The molecule has 2 rings (SSSR count). The minimum Gasteiger partial charge on any atom is -0.312 e. The smallest absolute Gasteiger partial charge is 0.123 e. The Morgan fingerprint density at radius 2 is 2.00 bits per heavy atom. The molecular weight excluding hydrogens is 229 g/mol. The third kappa shape index (κ3) is 2.43. The fraction of sp³-hybridized carbons (Fsp3) is 0.357. The molecule has 2 aromatic rings. The predicted molar refractivity (Wildman–Crippen MR) is 70.8 cm³/mol. The zero-order chi connectivity index (χ0) is 13.1. The van der Waals surface area contributed by atoms with Crippen LogP contribution in [-0.2, 0) is 6.54 Å². The van der Waals surface area contributed by atoms with Gasteiger partial charge in [-0.1, -0.05) is 0 Å². The standard InChI is InChI=1S/C14H18FN3/c1-4-18-14(9-13(17-18)10(2)16-3)11-5-7-12(15)8-6-11/h5-10,16H,4H2,1-3H3. The summed E-state index contributed by atoms with van der Waals surface area (Å²) in [5.74, 6) is -0.217. The van der Waals surface area contributed by atoms with E-state index in [0.29, 0.717) is 0 Å². The Bertz CT molecular complexity index is 516. The van der Waals surface area contributed by atoms with E-state index in [1.165, 1.54) is 12.1 Å². The van der Waals surface area contributed by atoms with Gasteiger partial charge in [-0.2, -0.15) is 5.10 Å². The molecule has 1 N–H and O–H groups in total. The highest BCUT2D eigenvalue weighted by Gasteiger charge is 2.12. The summed E-state index contributed by atoms with van der Waals surface area (Å²) in [5.41, 5.74) is 3.01. The first-order chi connectivity index (χ1) is 8.65. The summed E-state index contributed by atoms with van der Waals surface area (Å²) in [5, 5.41) is 7.73. The monoisotopic (exact) mass is 247 g/mol. The minimum absolute atomic E-state index is 0.206. The molecule has 96 valence electrons. The molecule has 0 saturated carbocycles. The average molecular weight is 247 g/mol. The average Bonchev–Trinajstić information content (AvgIpc) is 2.83. The molecule has 0 spiro atoms. The third-order valence-corrected chi connectivity index (χ3v) is 3.12. The molecule has 1 aromatic heterocycles. The Balaban J connectivity index is 2.43. The van der Waals surface area contributed by atoms with Gasteiger partial charge >= 0.3 is 0 Å². The van der Waals surface area contributed by atoms with Crippen LogP contribution in [0.15, 0.2) is 30.3 Å². The molecule has 0 aliphatic heterocycles. The number of nitrogens with one attached hydrogen (secondary N) is 1. The van der Waals surface area contributed by atoms with Gasteiger partial charge in [0.05, 0.1) is 11.4 Å². The number of benzene rings is 1. The lowest BCUT2D eigenvalue weighted by Gasteiger charge is -2.05. The van der Waals surface area contributed by atoms with Crippen LogP contribution in [-0.4, -0.2) is 16.8 Å². The van der Waals surface area contributed by atoms with Gasteiger partial charge in [0.25, 0.3) is 0 Å². The van der Waals surface area contributed by atoms with Crippen LogP contribution in [0, 0.1) is 5.82 Å². The van der Waals surface area contributed by atoms with Crippen molar-refractivity contribution in [2.45, 2.75) is 26.4 Å². The fourth-order valence-corrected chi connectivity index (χ4v) is 1.89. The molecular formula is C14H18FN3. The van der Waals surface area contributed by atoms with Crippen LogP contribution in [0.2, 0.25) is 0 Å². The lowest BCUT2D eigenvalue weighted by Crippen LogP contribution is -2.13. The molecule has 0 aliphatic carbocycles. The number of hydrogen-bond acceptors (Lipinski definition) is 2. The molecule has 0 aliphatic rings. The summed E-state index contributed by atoms with van der Waals surface area (Å²) >= 11 is 0. The molecule has 4 heteroatoms. The van der Waals surface area contributed by atoms with Crippen molar-refractivity contribution < 1.29 is 4.39 Å². The van der Waals surface area contributed by atoms with Gasteiger partial charge in [0.15, 0.2) is 0 Å². The van der Waals surface area contributed by atoms with Crippen LogP contribution >= 0.6 is 0 Å². The van der Waals surface area contributed by atoms with Crippen LogP contribution in [0.25, 0.3) is 11.3 Å². The van der Waals surface area contributed by atoms with Gasteiger partial charge < -0.3 is 5.32 Å². The summed E-state index contributed by atoms with van der Waals surface area (Å²) in [6.07, 6.45) is 0. The Hall–Kier alpha value is -1.68. The number of rotatable bonds is 4. The van der Waals surface area contributed by atoms with Gasteiger partial charge in [0.2, 0.25) is 0 Å². The zero-order valence-electron chi connectivity index (χ0n) is 10.9. The van der Waals surface area contributed by atoms with Gasteiger partial charge in [-0.3, -0.25) is 4.68 Å². The van der Waals surface area contributed by atoms with Crippen molar-refractivity contribution >= 4 is 0 Å². The number of aryl methyl sites for hydroxylation is 1. The predicted octanol–water partition coefficient (Wildman–Crippen LogP) is 2.99. The molecule has 0 radical (unpaired) electrons. The van der Waals surface area contributed by atoms with Crippen molar-refractivity contribution in [3.63, 3.8) is 0 Å². The third-order valence-electron chi connectivity index (χ3n) is 3.12. The van der Waals surface area contributed by atoms with E-state index in [1.807, 2.05) is 18.7 Å². The second-order valence-electron chi connectivity index (χ2n) is 4.29. The van der Waals surface area contributed by atoms with E-state index in [1.54, 1.807) is 12.1 Å². The maximum Gasteiger partial charge on any atom is 0.123 e. The van der Waals surface area contributed by atoms with E-state index in [2.05, 4.69) is 23.4 Å². The maximum atomic E-state index is 12.9. The van der Waals surface area contributed by atoms with Crippen molar-refractivity contribution in [1.29, 1.82) is 0 Å². The number of hydrogen-bond donors (Lipinski definition) is 1. The summed E-state index contributed by atoms with van der Waals surface area (Å²) in [7, 11) is 1.91. The number of nitrogens with zero attached hydrogens (tertiary/aromatic N) is 2. The first kappa shape index (κ1) is 12.8. The van der Waals surface area contributed by atoms with Crippen LogP contribution < -0.4 is 5.32 Å². The highest BCUT2D eigenvalue weighted by Crippen LogP contribution is 2.23. The first-order valence-electron chi connectivity index (χ1n) is 6.16. The summed E-state index contributed by atoms with van der Waals surface area (Å²) in [4.78, 5) is 0. The molecule has 1 atom stereocenters. The molecule has 0 amide bonds. The minimum atomic E-state index is -0.217. The van der Waals surface area contributed by atoms with E-state index in [4.69, 9.17) is 0 Å². The van der Waals surface area contributed by atoms with Gasteiger partial charge in [0.1, 0.15) is 5.82 Å². The van der Waals surface area contributed by atoms with Gasteiger partial charge in [0, 0.05) is 12.6 Å². The second-order valence-corrected chi connectivity index (χ2v) is 4.29. The van der Waals surface area contributed by atoms with Crippen molar-refractivity contribution in [1.82, 2.24) is 15.1 Å². The molecule has 1 unspecified atom stereocenters. The Morgan fingerprint density at radius 3 is 2.56 bits per heavy atom. The van der Waals surface area contributed by atoms with E-state index < -0.39 is 0 Å². The Morgan fingerprint density at radius 1 is 1.33 bits per heavy atom. The quantitative estimate of drug-likeness (QED) is 0.900. The van der Waals surface area contributed by atoms with Crippen molar-refractivity contribution in [3.8, 4) is 11.3 Å². The summed E-state index contributed by atoms with van der Waals surface area (Å²) in [6, 6.07) is 8.78. The van der Waals surface area contributed by atoms with Gasteiger partial charge in [-0.05, 0) is 56.8 Å². The van der Waals surface area contributed by atoms with Crippen LogP contribution in [0.4, 0.5) is 4.39 Å². The fourth-order valence-electron chi connectivity index (χ4n) is 1.89. The van der Waals surface area contributed by atoms with Crippen molar-refractivity contribution in [3.05, 3.63) is 41.8 Å². The lowest BCUT2D eigenvalue weighted by atomic mass is 10.1. The number of aromatic nitrogens is 2.